The number of rotatable bonds is 2. The molecule has 2 heteroatoms. The van der Waals surface area contributed by atoms with Gasteiger partial charge in [0.2, 0.25) is 0 Å². The predicted octanol–water partition coefficient (Wildman–Crippen LogP) is 2.72. The first-order valence-electron chi connectivity index (χ1n) is 8.30. The smallest absolute Gasteiger partial charge is 0.0733 e. The summed E-state index contributed by atoms with van der Waals surface area (Å²) in [4.78, 5) is 0. The van der Waals surface area contributed by atoms with Gasteiger partial charge in [0.25, 0.3) is 0 Å². The van der Waals surface area contributed by atoms with E-state index < -0.39 is 0 Å². The highest BCUT2D eigenvalue weighted by Gasteiger charge is 2.54. The number of ether oxygens (including phenoxy) is 1. The summed E-state index contributed by atoms with van der Waals surface area (Å²) in [6, 6.07) is 1.55. The Morgan fingerprint density at radius 3 is 2.56 bits per heavy atom. The highest BCUT2D eigenvalue weighted by Crippen LogP contribution is 2.58. The summed E-state index contributed by atoms with van der Waals surface area (Å²) in [5.74, 6) is 4.34. The molecule has 1 N–H and O–H groups in total. The van der Waals surface area contributed by atoms with Gasteiger partial charge in [-0.3, -0.25) is 0 Å². The number of hydrogen-bond donors (Lipinski definition) is 1. The van der Waals surface area contributed by atoms with Gasteiger partial charge in [0.15, 0.2) is 0 Å². The molecule has 4 bridgehead atoms. The van der Waals surface area contributed by atoms with E-state index in [1.54, 1.807) is 12.8 Å². The van der Waals surface area contributed by atoms with Crippen molar-refractivity contribution >= 4 is 0 Å². The molecule has 0 amide bonds. The molecule has 0 aromatic carbocycles. The maximum atomic E-state index is 6.00. The van der Waals surface area contributed by atoms with E-state index in [4.69, 9.17) is 4.74 Å². The van der Waals surface area contributed by atoms with Crippen molar-refractivity contribution in [3.63, 3.8) is 0 Å². The Bertz CT molecular complexity index is 357. The summed E-state index contributed by atoms with van der Waals surface area (Å²) in [5, 5.41) is 4.03. The molecule has 100 valence electrons. The first-order valence-corrected chi connectivity index (χ1v) is 8.30. The monoisotopic (exact) mass is 247 g/mol. The van der Waals surface area contributed by atoms with Crippen molar-refractivity contribution in [3.8, 4) is 0 Å². The average molecular weight is 247 g/mol. The Hall–Kier alpha value is -0.0800. The summed E-state index contributed by atoms with van der Waals surface area (Å²) < 4.78 is 6.00. The van der Waals surface area contributed by atoms with Crippen molar-refractivity contribution in [3.05, 3.63) is 0 Å². The molecule has 2 aliphatic heterocycles. The van der Waals surface area contributed by atoms with Gasteiger partial charge in [0.1, 0.15) is 0 Å². The lowest BCUT2D eigenvalue weighted by atomic mass is 9.78. The molecule has 3 aliphatic carbocycles. The van der Waals surface area contributed by atoms with E-state index in [1.165, 1.54) is 38.5 Å². The molecule has 5 aliphatic rings. The molecule has 2 heterocycles. The Morgan fingerprint density at radius 2 is 1.72 bits per heavy atom. The maximum absolute atomic E-state index is 6.00. The van der Waals surface area contributed by atoms with Crippen LogP contribution < -0.4 is 5.32 Å². The maximum Gasteiger partial charge on any atom is 0.0733 e. The van der Waals surface area contributed by atoms with Crippen LogP contribution in [0.5, 0.6) is 0 Å². The standard InChI is InChI=1S/C16H25NO/c1-2-11-9-6-13(12(11)3-1)14(7-9)17-15-8-10-4-5-16(15)18-10/h9-17H,1-8H2. The Morgan fingerprint density at radius 1 is 0.778 bits per heavy atom. The first kappa shape index (κ1) is 10.7. The zero-order valence-corrected chi connectivity index (χ0v) is 11.2. The molecule has 0 aromatic rings. The van der Waals surface area contributed by atoms with E-state index in [0.717, 1.165) is 29.7 Å². The lowest BCUT2D eigenvalue weighted by Crippen LogP contribution is -2.48. The molecule has 2 saturated heterocycles. The van der Waals surface area contributed by atoms with Crippen LogP contribution >= 0.6 is 0 Å². The van der Waals surface area contributed by atoms with Crippen molar-refractivity contribution in [2.75, 3.05) is 0 Å². The van der Waals surface area contributed by atoms with E-state index in [0.29, 0.717) is 18.2 Å². The quantitative estimate of drug-likeness (QED) is 0.810. The lowest BCUT2D eigenvalue weighted by Gasteiger charge is -2.35. The molecule has 2 nitrogen and oxygen atoms in total. The van der Waals surface area contributed by atoms with Crippen LogP contribution in [-0.4, -0.2) is 24.3 Å². The normalized spacial score (nSPS) is 60.7. The summed E-state index contributed by atoms with van der Waals surface area (Å²) in [5.41, 5.74) is 0. The average Bonchev–Trinajstić information content (AvgIpc) is 3.14. The summed E-state index contributed by atoms with van der Waals surface area (Å²) in [6.45, 7) is 0. The second-order valence-corrected chi connectivity index (χ2v) is 7.64. The first-order chi connectivity index (χ1) is 8.88. The van der Waals surface area contributed by atoms with Gasteiger partial charge >= 0.3 is 0 Å². The van der Waals surface area contributed by atoms with Gasteiger partial charge in [-0.25, -0.2) is 0 Å². The fourth-order valence-corrected chi connectivity index (χ4v) is 6.35. The van der Waals surface area contributed by atoms with Crippen LogP contribution in [-0.2, 0) is 4.74 Å². The highest BCUT2D eigenvalue weighted by atomic mass is 16.5. The topological polar surface area (TPSA) is 21.3 Å². The van der Waals surface area contributed by atoms with Crippen LogP contribution in [0.25, 0.3) is 0 Å². The van der Waals surface area contributed by atoms with Gasteiger partial charge in [0, 0.05) is 12.1 Å². The minimum Gasteiger partial charge on any atom is -0.373 e. The van der Waals surface area contributed by atoms with E-state index in [-0.39, 0.29) is 0 Å². The molecule has 0 aromatic heterocycles. The van der Waals surface area contributed by atoms with Crippen LogP contribution in [0.2, 0.25) is 0 Å². The fraction of sp³-hybridized carbons (Fsp3) is 1.00. The van der Waals surface area contributed by atoms with Crippen LogP contribution in [0.1, 0.15) is 51.4 Å². The third-order valence-electron chi connectivity index (χ3n) is 6.96. The highest BCUT2D eigenvalue weighted by molar-refractivity contribution is 5.07. The molecule has 8 atom stereocenters. The van der Waals surface area contributed by atoms with Crippen LogP contribution in [0.4, 0.5) is 0 Å². The largest absolute Gasteiger partial charge is 0.373 e. The molecule has 0 radical (unpaired) electrons. The van der Waals surface area contributed by atoms with Crippen molar-refractivity contribution in [1.82, 2.24) is 5.32 Å². The molecule has 5 fully saturated rings. The number of fused-ring (bicyclic) bond motifs is 7. The van der Waals surface area contributed by atoms with E-state index in [9.17, 15) is 0 Å². The molecular weight excluding hydrogens is 222 g/mol. The van der Waals surface area contributed by atoms with Gasteiger partial charge < -0.3 is 10.1 Å². The number of hydrogen-bond acceptors (Lipinski definition) is 2. The lowest BCUT2D eigenvalue weighted by molar-refractivity contribution is 0.0923. The van der Waals surface area contributed by atoms with Gasteiger partial charge in [-0.05, 0) is 68.6 Å². The molecule has 3 saturated carbocycles. The minimum atomic E-state index is 0.563. The van der Waals surface area contributed by atoms with Crippen LogP contribution in [0.15, 0.2) is 0 Å². The van der Waals surface area contributed by atoms with Gasteiger partial charge in [-0.2, -0.15) is 0 Å². The van der Waals surface area contributed by atoms with Crippen molar-refractivity contribution in [1.29, 1.82) is 0 Å². The van der Waals surface area contributed by atoms with Gasteiger partial charge in [-0.15, -0.1) is 0 Å². The SMILES string of the molecule is C1CC2C3CC(NC4CC5CCC4O5)C(C3)C2C1. The fourth-order valence-electron chi connectivity index (χ4n) is 6.35. The molecule has 0 spiro atoms. The summed E-state index contributed by atoms with van der Waals surface area (Å²) >= 11 is 0. The summed E-state index contributed by atoms with van der Waals surface area (Å²) in [6.07, 6.45) is 12.7. The molecule has 5 rings (SSSR count). The van der Waals surface area contributed by atoms with Gasteiger partial charge in [0.05, 0.1) is 12.2 Å². The second-order valence-electron chi connectivity index (χ2n) is 7.64. The van der Waals surface area contributed by atoms with Crippen molar-refractivity contribution in [2.24, 2.45) is 23.7 Å². The Balaban J connectivity index is 1.29. The Kier molecular flexibility index (Phi) is 2.21. The van der Waals surface area contributed by atoms with Crippen molar-refractivity contribution in [2.45, 2.75) is 75.7 Å². The van der Waals surface area contributed by atoms with Crippen LogP contribution in [0, 0.1) is 23.7 Å². The van der Waals surface area contributed by atoms with Crippen molar-refractivity contribution < 1.29 is 4.74 Å². The van der Waals surface area contributed by atoms with Gasteiger partial charge in [-0.1, -0.05) is 6.42 Å². The minimum absolute atomic E-state index is 0.563. The van der Waals surface area contributed by atoms with Crippen LogP contribution in [0.3, 0.4) is 0 Å². The Labute approximate surface area is 110 Å². The third kappa shape index (κ3) is 1.37. The zero-order valence-electron chi connectivity index (χ0n) is 11.2. The second kappa shape index (κ2) is 3.73. The van der Waals surface area contributed by atoms with E-state index >= 15 is 0 Å². The predicted molar refractivity (Wildman–Crippen MR) is 70.3 cm³/mol. The zero-order chi connectivity index (χ0) is 11.7. The third-order valence-corrected chi connectivity index (χ3v) is 6.96. The van der Waals surface area contributed by atoms with E-state index in [1.807, 2.05) is 0 Å². The molecule has 8 unspecified atom stereocenters. The summed E-state index contributed by atoms with van der Waals surface area (Å²) in [7, 11) is 0. The number of nitrogens with one attached hydrogen (secondary N) is 1. The molecule has 18 heavy (non-hydrogen) atoms. The van der Waals surface area contributed by atoms with E-state index in [2.05, 4.69) is 5.32 Å². The molecular formula is C16H25NO.